The Bertz CT molecular complexity index is 635. The Balaban J connectivity index is 1.86. The van der Waals surface area contributed by atoms with Gasteiger partial charge in [-0.15, -0.1) is 0 Å². The Morgan fingerprint density at radius 1 is 1.35 bits per heavy atom. The molecule has 0 unspecified atom stereocenters. The fraction of sp³-hybridized carbons (Fsp3) is 0.579. The molecule has 0 aromatic heterocycles. The monoisotopic (exact) mass is 362 g/mol. The van der Waals surface area contributed by atoms with E-state index in [1.165, 1.54) is 26.9 Å². The highest BCUT2D eigenvalue weighted by Gasteiger charge is 2.21. The van der Waals surface area contributed by atoms with Crippen LogP contribution in [0.5, 0.6) is 5.75 Å². The number of ether oxygens (including phenoxy) is 1. The van der Waals surface area contributed by atoms with Gasteiger partial charge in [-0.05, 0) is 44.4 Å². The van der Waals surface area contributed by atoms with E-state index in [4.69, 9.17) is 4.74 Å². The van der Waals surface area contributed by atoms with Crippen LogP contribution in [-0.2, 0) is 4.79 Å². The summed E-state index contributed by atoms with van der Waals surface area (Å²) in [7, 11) is 1.52. The first-order valence-corrected chi connectivity index (χ1v) is 9.13. The van der Waals surface area contributed by atoms with Crippen molar-refractivity contribution in [1.82, 2.24) is 10.2 Å². The van der Waals surface area contributed by atoms with E-state index in [2.05, 4.69) is 34.7 Å². The first kappa shape index (κ1) is 20.0. The molecular formula is C19H30N4O3. The van der Waals surface area contributed by atoms with Crippen LogP contribution >= 0.6 is 0 Å². The van der Waals surface area contributed by atoms with Crippen molar-refractivity contribution in [3.63, 3.8) is 0 Å². The molecule has 7 heteroatoms. The maximum atomic E-state index is 12.2. The Morgan fingerprint density at radius 3 is 2.77 bits per heavy atom. The summed E-state index contributed by atoms with van der Waals surface area (Å²) in [6.45, 7) is 8.63. The lowest BCUT2D eigenvalue weighted by molar-refractivity contribution is -0.114. The normalized spacial score (nSPS) is 18.7. The lowest BCUT2D eigenvalue weighted by Gasteiger charge is -2.35. The van der Waals surface area contributed by atoms with E-state index in [1.807, 2.05) is 0 Å². The molecular weight excluding hydrogens is 332 g/mol. The van der Waals surface area contributed by atoms with Gasteiger partial charge in [0.2, 0.25) is 5.91 Å². The van der Waals surface area contributed by atoms with Crippen molar-refractivity contribution in [3.05, 3.63) is 18.2 Å². The van der Waals surface area contributed by atoms with Crippen molar-refractivity contribution < 1.29 is 14.3 Å². The number of nitrogens with one attached hydrogen (secondary N) is 3. The zero-order chi connectivity index (χ0) is 19.1. The van der Waals surface area contributed by atoms with E-state index < -0.39 is 0 Å². The number of amides is 3. The summed E-state index contributed by atoms with van der Waals surface area (Å²) in [5.74, 6) is 1.03. The molecule has 26 heavy (non-hydrogen) atoms. The van der Waals surface area contributed by atoms with Gasteiger partial charge in [-0.3, -0.25) is 9.69 Å². The SMILES string of the molecule is COc1cc(NC(=O)NC[C@H](C)N2CCC[C@@H](C)C2)ccc1NC(C)=O. The number of rotatable bonds is 6. The van der Waals surface area contributed by atoms with Crippen LogP contribution in [0.3, 0.4) is 0 Å². The van der Waals surface area contributed by atoms with E-state index in [-0.39, 0.29) is 11.9 Å². The molecule has 1 saturated heterocycles. The van der Waals surface area contributed by atoms with Crippen molar-refractivity contribution in [2.24, 2.45) is 5.92 Å². The van der Waals surface area contributed by atoms with E-state index >= 15 is 0 Å². The minimum atomic E-state index is -0.253. The molecule has 0 aliphatic carbocycles. The number of benzene rings is 1. The van der Waals surface area contributed by atoms with E-state index in [0.717, 1.165) is 19.0 Å². The standard InChI is InChI=1S/C19H30N4O3/c1-13-6-5-9-23(12-13)14(2)11-20-19(25)22-16-7-8-17(21-15(3)24)18(10-16)26-4/h7-8,10,13-14H,5-6,9,11-12H2,1-4H3,(H,21,24)(H2,20,22,25)/t13-,14+/m1/s1. The van der Waals surface area contributed by atoms with Gasteiger partial charge in [0.05, 0.1) is 12.8 Å². The molecule has 1 aliphatic rings. The lowest BCUT2D eigenvalue weighted by atomic mass is 9.99. The average Bonchev–Trinajstić information content (AvgIpc) is 2.60. The predicted octanol–water partition coefficient (Wildman–Crippen LogP) is 2.90. The number of urea groups is 1. The van der Waals surface area contributed by atoms with Crippen LogP contribution in [0.1, 0.15) is 33.6 Å². The molecule has 7 nitrogen and oxygen atoms in total. The molecule has 1 fully saturated rings. The third-order valence-corrected chi connectivity index (χ3v) is 4.64. The number of hydrogen-bond acceptors (Lipinski definition) is 4. The molecule has 1 aromatic rings. The molecule has 3 N–H and O–H groups in total. The second-order valence-corrected chi connectivity index (χ2v) is 7.02. The van der Waals surface area contributed by atoms with Crippen molar-refractivity contribution in [1.29, 1.82) is 0 Å². The van der Waals surface area contributed by atoms with E-state index in [1.54, 1.807) is 18.2 Å². The highest BCUT2D eigenvalue weighted by atomic mass is 16.5. The van der Waals surface area contributed by atoms with Gasteiger partial charge in [0.1, 0.15) is 5.75 Å². The molecule has 2 rings (SSSR count). The molecule has 2 atom stereocenters. The average molecular weight is 362 g/mol. The highest BCUT2D eigenvalue weighted by Crippen LogP contribution is 2.27. The maximum Gasteiger partial charge on any atom is 0.319 e. The van der Waals surface area contributed by atoms with Crippen LogP contribution in [0.15, 0.2) is 18.2 Å². The number of hydrogen-bond donors (Lipinski definition) is 3. The Hall–Kier alpha value is -2.28. The van der Waals surface area contributed by atoms with Crippen LogP contribution in [0.25, 0.3) is 0 Å². The number of nitrogens with zero attached hydrogens (tertiary/aromatic N) is 1. The molecule has 1 heterocycles. The Kier molecular flexibility index (Phi) is 7.26. The van der Waals surface area contributed by atoms with Crippen molar-refractivity contribution in [2.45, 2.75) is 39.7 Å². The smallest absolute Gasteiger partial charge is 0.319 e. The van der Waals surface area contributed by atoms with Crippen LogP contribution < -0.4 is 20.7 Å². The third kappa shape index (κ3) is 5.91. The lowest BCUT2D eigenvalue weighted by Crippen LogP contribution is -2.47. The first-order valence-electron chi connectivity index (χ1n) is 9.13. The fourth-order valence-corrected chi connectivity index (χ4v) is 3.23. The summed E-state index contributed by atoms with van der Waals surface area (Å²) in [4.78, 5) is 25.8. The van der Waals surface area contributed by atoms with Gasteiger partial charge in [-0.1, -0.05) is 6.92 Å². The number of carbonyl (C=O) groups excluding carboxylic acids is 2. The third-order valence-electron chi connectivity index (χ3n) is 4.64. The molecule has 0 saturated carbocycles. The Labute approximate surface area is 155 Å². The summed E-state index contributed by atoms with van der Waals surface area (Å²) >= 11 is 0. The number of anilines is 2. The van der Waals surface area contributed by atoms with E-state index in [0.29, 0.717) is 29.7 Å². The minimum absolute atomic E-state index is 0.178. The zero-order valence-electron chi connectivity index (χ0n) is 16.1. The zero-order valence-corrected chi connectivity index (χ0v) is 16.1. The van der Waals surface area contributed by atoms with Gasteiger partial charge < -0.3 is 20.7 Å². The van der Waals surface area contributed by atoms with Gasteiger partial charge in [-0.25, -0.2) is 4.79 Å². The molecule has 0 spiro atoms. The number of carbonyl (C=O) groups is 2. The first-order chi connectivity index (χ1) is 12.4. The van der Waals surface area contributed by atoms with Gasteiger partial charge in [0.25, 0.3) is 0 Å². The minimum Gasteiger partial charge on any atom is -0.494 e. The molecule has 0 radical (unpaired) electrons. The number of likely N-dealkylation sites (tertiary alicyclic amines) is 1. The van der Waals surface area contributed by atoms with Crippen molar-refractivity contribution in [3.8, 4) is 5.75 Å². The van der Waals surface area contributed by atoms with Gasteiger partial charge in [-0.2, -0.15) is 0 Å². The molecule has 3 amide bonds. The second kappa shape index (κ2) is 9.43. The summed E-state index contributed by atoms with van der Waals surface area (Å²) in [5, 5.41) is 8.42. The quantitative estimate of drug-likeness (QED) is 0.727. The topological polar surface area (TPSA) is 82.7 Å². The highest BCUT2D eigenvalue weighted by molar-refractivity contribution is 5.93. The second-order valence-electron chi connectivity index (χ2n) is 7.02. The van der Waals surface area contributed by atoms with Gasteiger partial charge >= 0.3 is 6.03 Å². The summed E-state index contributed by atoms with van der Waals surface area (Å²) in [5.41, 5.74) is 1.17. The largest absolute Gasteiger partial charge is 0.494 e. The number of piperidine rings is 1. The van der Waals surface area contributed by atoms with Crippen LogP contribution in [0.2, 0.25) is 0 Å². The van der Waals surface area contributed by atoms with Crippen LogP contribution in [0, 0.1) is 5.92 Å². The fourth-order valence-electron chi connectivity index (χ4n) is 3.23. The Morgan fingerprint density at radius 2 is 2.12 bits per heavy atom. The van der Waals surface area contributed by atoms with Gasteiger partial charge in [0, 0.05) is 37.8 Å². The van der Waals surface area contributed by atoms with Crippen molar-refractivity contribution >= 4 is 23.3 Å². The molecule has 144 valence electrons. The number of methoxy groups -OCH3 is 1. The maximum absolute atomic E-state index is 12.2. The van der Waals surface area contributed by atoms with Gasteiger partial charge in [0.15, 0.2) is 0 Å². The molecule has 1 aromatic carbocycles. The summed E-state index contributed by atoms with van der Waals surface area (Å²) < 4.78 is 5.26. The summed E-state index contributed by atoms with van der Waals surface area (Å²) in [6, 6.07) is 5.16. The van der Waals surface area contributed by atoms with E-state index in [9.17, 15) is 9.59 Å². The summed E-state index contributed by atoms with van der Waals surface area (Å²) in [6.07, 6.45) is 2.51. The predicted molar refractivity (Wildman–Crippen MR) is 104 cm³/mol. The molecule has 0 bridgehead atoms. The van der Waals surface area contributed by atoms with Crippen LogP contribution in [0.4, 0.5) is 16.2 Å². The molecule has 1 aliphatic heterocycles. The van der Waals surface area contributed by atoms with Crippen molar-refractivity contribution in [2.75, 3.05) is 37.4 Å². The van der Waals surface area contributed by atoms with Crippen LogP contribution in [-0.4, -0.2) is 49.6 Å².